The van der Waals surface area contributed by atoms with Crippen LogP contribution in [0, 0.1) is 10.1 Å². The summed E-state index contributed by atoms with van der Waals surface area (Å²) in [5.74, 6) is -0.558. The lowest BCUT2D eigenvalue weighted by Crippen LogP contribution is -2.26. The van der Waals surface area contributed by atoms with Crippen molar-refractivity contribution in [3.05, 3.63) is 49.7 Å². The van der Waals surface area contributed by atoms with Crippen LogP contribution in [0.25, 0.3) is 0 Å². The van der Waals surface area contributed by atoms with Crippen LogP contribution < -0.4 is 5.32 Å². The number of hydrogen-bond acceptors (Lipinski definition) is 6. The molecule has 1 N–H and O–H groups in total. The fourth-order valence-corrected chi connectivity index (χ4v) is 2.28. The van der Waals surface area contributed by atoms with Crippen molar-refractivity contribution in [1.82, 2.24) is 15.3 Å². The van der Waals surface area contributed by atoms with Crippen LogP contribution in [-0.4, -0.2) is 27.3 Å². The van der Waals surface area contributed by atoms with Crippen LogP contribution in [0.15, 0.2) is 23.8 Å². The summed E-state index contributed by atoms with van der Waals surface area (Å²) in [4.78, 5) is 29.8. The number of nitrogens with zero attached hydrogens (tertiary/aromatic N) is 3. The Bertz CT molecular complexity index is 633. The third kappa shape index (κ3) is 3.49. The molecule has 0 aliphatic carbocycles. The zero-order chi connectivity index (χ0) is 14.5. The maximum atomic E-state index is 11.9. The molecule has 0 spiro atoms. The minimum atomic E-state index is -0.668. The molecule has 2 rings (SSSR count). The van der Waals surface area contributed by atoms with Crippen molar-refractivity contribution in [3.8, 4) is 0 Å². The number of rotatable bonds is 5. The number of pyridine rings is 1. The zero-order valence-corrected chi connectivity index (χ0v) is 11.6. The van der Waals surface area contributed by atoms with Crippen molar-refractivity contribution < 1.29 is 9.72 Å². The highest BCUT2D eigenvalue weighted by Crippen LogP contribution is 2.20. The van der Waals surface area contributed by atoms with Gasteiger partial charge in [0.25, 0.3) is 11.6 Å². The van der Waals surface area contributed by atoms with Gasteiger partial charge in [-0.05, 0) is 6.07 Å². The fourth-order valence-electron chi connectivity index (χ4n) is 1.50. The van der Waals surface area contributed by atoms with E-state index >= 15 is 0 Å². The monoisotopic (exact) mass is 312 g/mol. The predicted molar refractivity (Wildman–Crippen MR) is 74.1 cm³/mol. The molecule has 9 heteroatoms. The second-order valence-corrected chi connectivity index (χ2v) is 5.08. The van der Waals surface area contributed by atoms with E-state index in [2.05, 4.69) is 15.3 Å². The van der Waals surface area contributed by atoms with Crippen LogP contribution in [0.4, 0.5) is 5.69 Å². The number of hydrogen-bond donors (Lipinski definition) is 1. The van der Waals surface area contributed by atoms with Crippen molar-refractivity contribution in [1.29, 1.82) is 0 Å². The number of thiazole rings is 1. The molecule has 2 aromatic heterocycles. The van der Waals surface area contributed by atoms with Crippen LogP contribution in [0.5, 0.6) is 0 Å². The zero-order valence-electron chi connectivity index (χ0n) is 10.1. The first-order chi connectivity index (χ1) is 9.58. The van der Waals surface area contributed by atoms with E-state index in [4.69, 9.17) is 11.6 Å². The normalized spacial score (nSPS) is 10.2. The molecule has 0 aliphatic rings. The number of carbonyl (C=O) groups excluding carboxylic acids is 1. The summed E-state index contributed by atoms with van der Waals surface area (Å²) in [6.07, 6.45) is 3.21. The summed E-state index contributed by atoms with van der Waals surface area (Å²) in [6, 6.07) is 1.18. The molecule has 0 aromatic carbocycles. The molecule has 0 aliphatic heterocycles. The molecule has 0 radical (unpaired) electrons. The molecule has 1 amide bonds. The second kappa shape index (κ2) is 6.40. The predicted octanol–water partition coefficient (Wildman–Crippen LogP) is 2.07. The maximum Gasteiger partial charge on any atom is 0.300 e. The standard InChI is InChI=1S/C11H9ClN4O3S/c12-9-5-7(8(6-15-9)16(18)19)11(17)14-2-1-10-13-3-4-20-10/h3-6H,1-2H2,(H,14,17). The molecule has 20 heavy (non-hydrogen) atoms. The van der Waals surface area contributed by atoms with E-state index in [1.54, 1.807) is 6.20 Å². The largest absolute Gasteiger partial charge is 0.351 e. The van der Waals surface area contributed by atoms with Gasteiger partial charge in [-0.1, -0.05) is 11.6 Å². The summed E-state index contributed by atoms with van der Waals surface area (Å²) in [6.45, 7) is 0.337. The minimum Gasteiger partial charge on any atom is -0.351 e. The van der Waals surface area contributed by atoms with Gasteiger partial charge in [0.05, 0.1) is 9.93 Å². The third-order valence-corrected chi connectivity index (χ3v) is 3.44. The Labute approximate surface area is 122 Å². The summed E-state index contributed by atoms with van der Waals surface area (Å²) in [5.41, 5.74) is -0.477. The number of nitrogens with one attached hydrogen (secondary N) is 1. The Morgan fingerprint density at radius 2 is 2.30 bits per heavy atom. The van der Waals surface area contributed by atoms with Crippen molar-refractivity contribution >= 4 is 34.5 Å². The first-order valence-corrected chi connectivity index (χ1v) is 6.80. The van der Waals surface area contributed by atoms with E-state index < -0.39 is 10.8 Å². The fraction of sp³-hybridized carbons (Fsp3) is 0.182. The van der Waals surface area contributed by atoms with Gasteiger partial charge in [0.15, 0.2) is 0 Å². The number of aromatic nitrogens is 2. The SMILES string of the molecule is O=C(NCCc1nccs1)c1cc(Cl)ncc1[N+](=O)[O-]. The molecule has 0 atom stereocenters. The number of nitro groups is 1. The summed E-state index contributed by atoms with van der Waals surface area (Å²) >= 11 is 7.14. The van der Waals surface area contributed by atoms with E-state index in [9.17, 15) is 14.9 Å². The van der Waals surface area contributed by atoms with Gasteiger partial charge in [-0.2, -0.15) is 0 Å². The summed E-state index contributed by atoms with van der Waals surface area (Å²) < 4.78 is 0. The van der Waals surface area contributed by atoms with Crippen molar-refractivity contribution in [2.24, 2.45) is 0 Å². The topological polar surface area (TPSA) is 98.0 Å². The number of amides is 1. The molecular formula is C11H9ClN4O3S. The van der Waals surface area contributed by atoms with Gasteiger partial charge in [-0.15, -0.1) is 11.3 Å². The van der Waals surface area contributed by atoms with E-state index in [1.807, 2.05) is 5.38 Å². The van der Waals surface area contributed by atoms with Gasteiger partial charge in [0.2, 0.25) is 0 Å². The molecule has 0 saturated carbocycles. The highest BCUT2D eigenvalue weighted by Gasteiger charge is 2.21. The average molecular weight is 313 g/mol. The lowest BCUT2D eigenvalue weighted by Gasteiger charge is -2.05. The van der Waals surface area contributed by atoms with E-state index in [0.29, 0.717) is 13.0 Å². The molecule has 0 bridgehead atoms. The van der Waals surface area contributed by atoms with Gasteiger partial charge < -0.3 is 5.32 Å². The summed E-state index contributed by atoms with van der Waals surface area (Å²) in [5, 5.41) is 16.2. The molecule has 104 valence electrons. The smallest absolute Gasteiger partial charge is 0.300 e. The quantitative estimate of drug-likeness (QED) is 0.518. The van der Waals surface area contributed by atoms with E-state index in [0.717, 1.165) is 11.2 Å². The second-order valence-electron chi connectivity index (χ2n) is 3.71. The molecule has 7 nitrogen and oxygen atoms in total. The van der Waals surface area contributed by atoms with Crippen LogP contribution in [-0.2, 0) is 6.42 Å². The molecular weight excluding hydrogens is 304 g/mol. The van der Waals surface area contributed by atoms with Gasteiger partial charge in [-0.25, -0.2) is 9.97 Å². The van der Waals surface area contributed by atoms with Crippen LogP contribution in [0.2, 0.25) is 5.15 Å². The summed E-state index contributed by atoms with van der Waals surface area (Å²) in [7, 11) is 0. The highest BCUT2D eigenvalue weighted by molar-refractivity contribution is 7.09. The molecule has 0 unspecified atom stereocenters. The van der Waals surface area contributed by atoms with Gasteiger partial charge >= 0.3 is 0 Å². The lowest BCUT2D eigenvalue weighted by molar-refractivity contribution is -0.385. The Morgan fingerprint density at radius 3 is 2.95 bits per heavy atom. The van der Waals surface area contributed by atoms with E-state index in [1.165, 1.54) is 17.4 Å². The van der Waals surface area contributed by atoms with E-state index in [-0.39, 0.29) is 16.4 Å². The van der Waals surface area contributed by atoms with Gasteiger partial charge in [0, 0.05) is 24.5 Å². The maximum absolute atomic E-state index is 11.9. The minimum absolute atomic E-state index is 0.0284. The highest BCUT2D eigenvalue weighted by atomic mass is 35.5. The molecule has 0 saturated heterocycles. The first-order valence-electron chi connectivity index (χ1n) is 5.54. The lowest BCUT2D eigenvalue weighted by atomic mass is 10.2. The van der Waals surface area contributed by atoms with Crippen molar-refractivity contribution in [3.63, 3.8) is 0 Å². The van der Waals surface area contributed by atoms with Gasteiger partial charge in [0.1, 0.15) is 16.9 Å². The number of halogens is 1. The molecule has 2 heterocycles. The van der Waals surface area contributed by atoms with Gasteiger partial charge in [-0.3, -0.25) is 14.9 Å². The Morgan fingerprint density at radius 1 is 1.50 bits per heavy atom. The van der Waals surface area contributed by atoms with Crippen LogP contribution in [0.3, 0.4) is 0 Å². The Kier molecular flexibility index (Phi) is 4.59. The Hall–Kier alpha value is -2.06. The van der Waals surface area contributed by atoms with Crippen molar-refractivity contribution in [2.75, 3.05) is 6.54 Å². The Balaban J connectivity index is 2.05. The third-order valence-electron chi connectivity index (χ3n) is 2.40. The number of carbonyl (C=O) groups is 1. The van der Waals surface area contributed by atoms with Crippen LogP contribution in [0.1, 0.15) is 15.4 Å². The first kappa shape index (κ1) is 14.4. The molecule has 0 fully saturated rings. The molecule has 2 aromatic rings. The van der Waals surface area contributed by atoms with Crippen LogP contribution >= 0.6 is 22.9 Å². The van der Waals surface area contributed by atoms with Crippen molar-refractivity contribution in [2.45, 2.75) is 6.42 Å². The average Bonchev–Trinajstić information content (AvgIpc) is 2.91.